The van der Waals surface area contributed by atoms with Crippen LogP contribution in [0.1, 0.15) is 5.56 Å². The molecule has 0 spiro atoms. The smallest absolute Gasteiger partial charge is 0.262 e. The third kappa shape index (κ3) is 3.04. The average molecular weight is 388 g/mol. The summed E-state index contributed by atoms with van der Waals surface area (Å²) in [6, 6.07) is 15.2. The lowest BCUT2D eigenvalue weighted by atomic mass is 10.2. The number of aromatic nitrogens is 1. The van der Waals surface area contributed by atoms with Crippen LogP contribution in [-0.4, -0.2) is 13.4 Å². The van der Waals surface area contributed by atoms with E-state index < -0.39 is 10.0 Å². The highest BCUT2D eigenvalue weighted by Crippen LogP contribution is 2.26. The number of nitriles is 1. The molecule has 0 saturated heterocycles. The van der Waals surface area contributed by atoms with Gasteiger partial charge in [-0.25, -0.2) is 8.42 Å². The van der Waals surface area contributed by atoms with Crippen molar-refractivity contribution in [2.45, 2.75) is 4.90 Å². The number of nitrogens with one attached hydrogen (secondary N) is 1. The van der Waals surface area contributed by atoms with Crippen LogP contribution in [0.3, 0.4) is 0 Å². The molecule has 23 heavy (non-hydrogen) atoms. The summed E-state index contributed by atoms with van der Waals surface area (Å²) in [5, 5.41) is 9.75. The van der Waals surface area contributed by atoms with E-state index in [0.29, 0.717) is 21.2 Å². The molecule has 1 N–H and O–H groups in total. The topological polar surface area (TPSA) is 82.8 Å². The van der Waals surface area contributed by atoms with Crippen molar-refractivity contribution in [2.75, 3.05) is 4.72 Å². The number of nitrogens with zero attached hydrogens (tertiary/aromatic N) is 2. The van der Waals surface area contributed by atoms with Crippen molar-refractivity contribution in [2.24, 2.45) is 0 Å². The molecule has 0 saturated carbocycles. The van der Waals surface area contributed by atoms with E-state index in [1.54, 1.807) is 24.4 Å². The molecule has 0 aliphatic heterocycles. The molecule has 0 amide bonds. The summed E-state index contributed by atoms with van der Waals surface area (Å²) in [6.45, 7) is 0. The van der Waals surface area contributed by atoms with Crippen LogP contribution in [0.5, 0.6) is 0 Å². The van der Waals surface area contributed by atoms with Crippen LogP contribution in [0.15, 0.2) is 64.1 Å². The monoisotopic (exact) mass is 387 g/mol. The van der Waals surface area contributed by atoms with E-state index in [1.807, 2.05) is 18.2 Å². The fourth-order valence-corrected chi connectivity index (χ4v) is 3.86. The second-order valence-electron chi connectivity index (χ2n) is 4.74. The number of hydrogen-bond donors (Lipinski definition) is 1. The van der Waals surface area contributed by atoms with Crippen molar-refractivity contribution in [1.82, 2.24) is 4.98 Å². The molecule has 1 aromatic heterocycles. The SMILES string of the molecule is N#Cc1ccc(S(=O)(=O)Nc2cccc3cccnc23)cc1Br. The van der Waals surface area contributed by atoms with E-state index in [0.717, 1.165) is 5.39 Å². The number of rotatable bonds is 3. The summed E-state index contributed by atoms with van der Waals surface area (Å²) in [6.07, 6.45) is 1.61. The van der Waals surface area contributed by atoms with Crippen molar-refractivity contribution in [3.8, 4) is 6.07 Å². The van der Waals surface area contributed by atoms with Gasteiger partial charge in [0, 0.05) is 16.1 Å². The number of halogens is 1. The summed E-state index contributed by atoms with van der Waals surface area (Å²) in [5.74, 6) is 0. The van der Waals surface area contributed by atoms with Crippen LogP contribution in [0.25, 0.3) is 10.9 Å². The molecule has 2 aromatic carbocycles. The number of benzene rings is 2. The number of sulfonamides is 1. The van der Waals surface area contributed by atoms with E-state index >= 15 is 0 Å². The molecule has 0 atom stereocenters. The Labute approximate surface area is 141 Å². The molecule has 1 heterocycles. The zero-order chi connectivity index (χ0) is 16.4. The minimum absolute atomic E-state index is 0.0660. The number of para-hydroxylation sites is 1. The molecule has 0 bridgehead atoms. The summed E-state index contributed by atoms with van der Waals surface area (Å²) < 4.78 is 28.1. The van der Waals surface area contributed by atoms with Crippen LogP contribution in [0.2, 0.25) is 0 Å². The molecule has 3 aromatic rings. The van der Waals surface area contributed by atoms with Gasteiger partial charge >= 0.3 is 0 Å². The molecule has 3 rings (SSSR count). The molecule has 0 fully saturated rings. The van der Waals surface area contributed by atoms with Gasteiger partial charge in [-0.05, 0) is 46.3 Å². The van der Waals surface area contributed by atoms with Gasteiger partial charge in [0.25, 0.3) is 10.0 Å². The van der Waals surface area contributed by atoms with Crippen molar-refractivity contribution in [1.29, 1.82) is 5.26 Å². The Morgan fingerprint density at radius 2 is 1.91 bits per heavy atom. The van der Waals surface area contributed by atoms with E-state index in [2.05, 4.69) is 25.6 Å². The molecule has 0 radical (unpaired) electrons. The normalized spacial score (nSPS) is 11.1. The lowest BCUT2D eigenvalue weighted by Crippen LogP contribution is -2.13. The third-order valence-electron chi connectivity index (χ3n) is 3.25. The lowest BCUT2D eigenvalue weighted by Gasteiger charge is -2.10. The number of pyridine rings is 1. The molecule has 0 unspecified atom stereocenters. The van der Waals surface area contributed by atoms with Crippen molar-refractivity contribution >= 4 is 42.5 Å². The van der Waals surface area contributed by atoms with E-state index in [-0.39, 0.29) is 4.90 Å². The molecule has 114 valence electrons. The maximum Gasteiger partial charge on any atom is 0.262 e. The Bertz CT molecular complexity index is 1040. The predicted octanol–water partition coefficient (Wildman–Crippen LogP) is 3.67. The lowest BCUT2D eigenvalue weighted by molar-refractivity contribution is 0.601. The van der Waals surface area contributed by atoms with Gasteiger partial charge in [-0.1, -0.05) is 18.2 Å². The summed E-state index contributed by atoms with van der Waals surface area (Å²) >= 11 is 3.20. The predicted molar refractivity (Wildman–Crippen MR) is 91.4 cm³/mol. The Morgan fingerprint density at radius 3 is 2.65 bits per heavy atom. The van der Waals surface area contributed by atoms with E-state index in [9.17, 15) is 8.42 Å². The van der Waals surface area contributed by atoms with Gasteiger partial charge < -0.3 is 0 Å². The fourth-order valence-electron chi connectivity index (χ4n) is 2.14. The first-order chi connectivity index (χ1) is 11.0. The van der Waals surface area contributed by atoms with Crippen LogP contribution in [0, 0.1) is 11.3 Å². The first kappa shape index (κ1) is 15.5. The standard InChI is InChI=1S/C16H10BrN3O2S/c17-14-9-13(7-6-12(14)10-18)23(21,22)20-15-5-1-3-11-4-2-8-19-16(11)15/h1-9,20H. The Balaban J connectivity index is 2.04. The fraction of sp³-hybridized carbons (Fsp3) is 0. The van der Waals surface area contributed by atoms with Crippen LogP contribution in [0.4, 0.5) is 5.69 Å². The van der Waals surface area contributed by atoms with Crippen molar-refractivity contribution < 1.29 is 8.42 Å². The minimum atomic E-state index is -3.78. The quantitative estimate of drug-likeness (QED) is 0.742. The van der Waals surface area contributed by atoms with Gasteiger partial charge in [-0.2, -0.15) is 5.26 Å². The molecule has 0 aliphatic rings. The van der Waals surface area contributed by atoms with Gasteiger partial charge in [-0.15, -0.1) is 0 Å². The number of hydrogen-bond acceptors (Lipinski definition) is 4. The second kappa shape index (κ2) is 5.99. The van der Waals surface area contributed by atoms with Gasteiger partial charge in [0.05, 0.1) is 21.7 Å². The minimum Gasteiger partial charge on any atom is -0.277 e. The highest BCUT2D eigenvalue weighted by atomic mass is 79.9. The average Bonchev–Trinajstić information content (AvgIpc) is 2.55. The highest BCUT2D eigenvalue weighted by Gasteiger charge is 2.17. The summed E-state index contributed by atoms with van der Waals surface area (Å²) in [7, 11) is -3.78. The molecular formula is C16H10BrN3O2S. The molecule has 7 heteroatoms. The van der Waals surface area contributed by atoms with E-state index in [1.165, 1.54) is 18.2 Å². The largest absolute Gasteiger partial charge is 0.277 e. The first-order valence-electron chi connectivity index (χ1n) is 6.57. The van der Waals surface area contributed by atoms with Crippen LogP contribution >= 0.6 is 15.9 Å². The van der Waals surface area contributed by atoms with Gasteiger partial charge in [-0.3, -0.25) is 9.71 Å². The zero-order valence-corrected chi connectivity index (χ0v) is 14.1. The number of anilines is 1. The van der Waals surface area contributed by atoms with Gasteiger partial charge in [0.2, 0.25) is 0 Å². The van der Waals surface area contributed by atoms with Crippen molar-refractivity contribution in [3.05, 3.63) is 64.8 Å². The summed E-state index contributed by atoms with van der Waals surface area (Å²) in [5.41, 5.74) is 1.35. The van der Waals surface area contributed by atoms with Gasteiger partial charge in [0.1, 0.15) is 6.07 Å². The molecule has 5 nitrogen and oxygen atoms in total. The summed E-state index contributed by atoms with van der Waals surface area (Å²) in [4.78, 5) is 4.29. The van der Waals surface area contributed by atoms with Crippen molar-refractivity contribution in [3.63, 3.8) is 0 Å². The Kier molecular flexibility index (Phi) is 4.03. The Morgan fingerprint density at radius 1 is 1.13 bits per heavy atom. The second-order valence-corrected chi connectivity index (χ2v) is 7.28. The molecule has 0 aliphatic carbocycles. The maximum atomic E-state index is 12.6. The van der Waals surface area contributed by atoms with Crippen LogP contribution in [-0.2, 0) is 10.0 Å². The first-order valence-corrected chi connectivity index (χ1v) is 8.85. The maximum absolute atomic E-state index is 12.6. The third-order valence-corrected chi connectivity index (χ3v) is 5.27. The van der Waals surface area contributed by atoms with Gasteiger partial charge in [0.15, 0.2) is 0 Å². The van der Waals surface area contributed by atoms with Crippen LogP contribution < -0.4 is 4.72 Å². The Hall–Kier alpha value is -2.43. The molecular weight excluding hydrogens is 378 g/mol. The highest BCUT2D eigenvalue weighted by molar-refractivity contribution is 9.10. The zero-order valence-electron chi connectivity index (χ0n) is 11.7. The van der Waals surface area contributed by atoms with E-state index in [4.69, 9.17) is 5.26 Å². The number of fused-ring (bicyclic) bond motifs is 1.